The van der Waals surface area contributed by atoms with Gasteiger partial charge in [-0.3, -0.25) is 9.67 Å². The fraction of sp³-hybridized carbons (Fsp3) is 0.421. The number of hydrogen-bond acceptors (Lipinski definition) is 3. The van der Waals surface area contributed by atoms with E-state index in [1.807, 2.05) is 49.2 Å². The highest BCUT2D eigenvalue weighted by atomic mass is 15.3. The molecule has 6 nitrogen and oxygen atoms in total. The quantitative estimate of drug-likeness (QED) is 0.684. The third kappa shape index (κ3) is 4.38. The van der Waals surface area contributed by atoms with E-state index in [1.54, 1.807) is 0 Å². The van der Waals surface area contributed by atoms with E-state index < -0.39 is 0 Å². The van der Waals surface area contributed by atoms with Crippen LogP contribution in [0.4, 0.5) is 0 Å². The Morgan fingerprint density at radius 2 is 2.32 bits per heavy atom. The fourth-order valence-electron chi connectivity index (χ4n) is 3.37. The number of nitrogens with zero attached hydrogens (tertiary/aromatic N) is 5. The molecule has 0 bridgehead atoms. The highest BCUT2D eigenvalue weighted by Gasteiger charge is 2.25. The lowest BCUT2D eigenvalue weighted by atomic mass is 10.0. The van der Waals surface area contributed by atoms with Crippen molar-refractivity contribution in [1.29, 1.82) is 5.26 Å². The first-order chi connectivity index (χ1) is 12.2. The lowest BCUT2D eigenvalue weighted by Gasteiger charge is -2.21. The summed E-state index contributed by atoms with van der Waals surface area (Å²) in [6.07, 6.45) is 6.28. The molecule has 0 saturated carbocycles. The van der Waals surface area contributed by atoms with Crippen LogP contribution in [-0.4, -0.2) is 40.8 Å². The molecule has 1 atom stereocenters. The van der Waals surface area contributed by atoms with Gasteiger partial charge in [-0.2, -0.15) is 10.4 Å². The van der Waals surface area contributed by atoms with Crippen LogP contribution in [0.15, 0.2) is 41.7 Å². The highest BCUT2D eigenvalue weighted by Crippen LogP contribution is 2.20. The van der Waals surface area contributed by atoms with Crippen molar-refractivity contribution in [3.63, 3.8) is 0 Å². The Hall–Kier alpha value is -2.81. The average molecular weight is 336 g/mol. The van der Waals surface area contributed by atoms with Crippen molar-refractivity contribution in [2.75, 3.05) is 20.1 Å². The van der Waals surface area contributed by atoms with Gasteiger partial charge in [-0.1, -0.05) is 12.1 Å². The molecule has 2 heterocycles. The smallest absolute Gasteiger partial charge is 0.193 e. The second-order valence-corrected chi connectivity index (χ2v) is 6.54. The Kier molecular flexibility index (Phi) is 5.34. The minimum Gasteiger partial charge on any atom is -0.352 e. The molecule has 3 rings (SSSR count). The van der Waals surface area contributed by atoms with Gasteiger partial charge in [0.05, 0.1) is 17.8 Å². The molecule has 0 radical (unpaired) electrons. The Morgan fingerprint density at radius 3 is 3.04 bits per heavy atom. The molecule has 130 valence electrons. The largest absolute Gasteiger partial charge is 0.352 e. The highest BCUT2D eigenvalue weighted by molar-refractivity contribution is 5.80. The molecule has 0 spiro atoms. The summed E-state index contributed by atoms with van der Waals surface area (Å²) < 4.78 is 1.86. The second-order valence-electron chi connectivity index (χ2n) is 6.54. The average Bonchev–Trinajstić information content (AvgIpc) is 3.25. The lowest BCUT2D eigenvalue weighted by Crippen LogP contribution is -2.39. The number of nitrogens with one attached hydrogen (secondary N) is 1. The zero-order valence-electron chi connectivity index (χ0n) is 14.8. The molecule has 1 aromatic heterocycles. The molecule has 25 heavy (non-hydrogen) atoms. The number of aromatic nitrogens is 2. The van der Waals surface area contributed by atoms with Crippen molar-refractivity contribution < 1.29 is 0 Å². The van der Waals surface area contributed by atoms with E-state index in [-0.39, 0.29) is 0 Å². The summed E-state index contributed by atoms with van der Waals surface area (Å²) >= 11 is 0. The molecule has 1 aromatic carbocycles. The number of aryl methyl sites for hydroxylation is 1. The predicted molar refractivity (Wildman–Crippen MR) is 97.9 cm³/mol. The van der Waals surface area contributed by atoms with Gasteiger partial charge >= 0.3 is 0 Å². The summed E-state index contributed by atoms with van der Waals surface area (Å²) in [5.74, 6) is 1.56. The van der Waals surface area contributed by atoms with Crippen LogP contribution in [-0.2, 0) is 20.0 Å². The number of benzene rings is 1. The lowest BCUT2D eigenvalue weighted by molar-refractivity contribution is 0.459. The molecule has 1 saturated heterocycles. The van der Waals surface area contributed by atoms with Crippen LogP contribution in [0.25, 0.3) is 0 Å². The standard InChI is InChI=1S/C19H24N6/c1-21-19(22-11-16-5-3-4-15(8-16)10-20)25-7-6-17(14-25)9-18-12-23-24(2)13-18/h3-5,8,12-13,17H,6-7,9,11,14H2,1-2H3,(H,21,22). The van der Waals surface area contributed by atoms with Gasteiger partial charge in [0.25, 0.3) is 0 Å². The molecule has 1 aliphatic rings. The van der Waals surface area contributed by atoms with E-state index in [2.05, 4.69) is 32.6 Å². The number of nitriles is 1. The van der Waals surface area contributed by atoms with Crippen LogP contribution < -0.4 is 5.32 Å². The van der Waals surface area contributed by atoms with E-state index >= 15 is 0 Å². The van der Waals surface area contributed by atoms with E-state index in [0.717, 1.165) is 31.0 Å². The number of guanidine groups is 1. The first-order valence-corrected chi connectivity index (χ1v) is 8.60. The molecule has 1 unspecified atom stereocenters. The number of aliphatic imine (C=N–C) groups is 1. The SMILES string of the molecule is CN=C(NCc1cccc(C#N)c1)N1CCC(Cc2cnn(C)c2)C1. The van der Waals surface area contributed by atoms with Crippen LogP contribution in [0.2, 0.25) is 0 Å². The van der Waals surface area contributed by atoms with Gasteiger partial charge < -0.3 is 10.2 Å². The van der Waals surface area contributed by atoms with Crippen molar-refractivity contribution >= 4 is 5.96 Å². The third-order valence-corrected chi connectivity index (χ3v) is 4.59. The van der Waals surface area contributed by atoms with Gasteiger partial charge in [0.1, 0.15) is 0 Å². The monoisotopic (exact) mass is 336 g/mol. The van der Waals surface area contributed by atoms with Crippen molar-refractivity contribution in [2.45, 2.75) is 19.4 Å². The van der Waals surface area contributed by atoms with Crippen LogP contribution >= 0.6 is 0 Å². The van der Waals surface area contributed by atoms with E-state index in [0.29, 0.717) is 18.0 Å². The van der Waals surface area contributed by atoms with Gasteiger partial charge in [-0.05, 0) is 42.0 Å². The summed E-state index contributed by atoms with van der Waals surface area (Å²) in [7, 11) is 3.78. The van der Waals surface area contributed by atoms with Gasteiger partial charge in [-0.15, -0.1) is 0 Å². The summed E-state index contributed by atoms with van der Waals surface area (Å²) in [6, 6.07) is 9.85. The van der Waals surface area contributed by atoms with Crippen molar-refractivity contribution in [2.24, 2.45) is 18.0 Å². The van der Waals surface area contributed by atoms with E-state index in [1.165, 1.54) is 12.0 Å². The Labute approximate surface area is 148 Å². The van der Waals surface area contributed by atoms with Crippen molar-refractivity contribution in [3.8, 4) is 6.07 Å². The molecule has 1 fully saturated rings. The maximum Gasteiger partial charge on any atom is 0.193 e. The number of rotatable bonds is 4. The first kappa shape index (κ1) is 17.0. The second kappa shape index (κ2) is 7.84. The molecule has 0 aliphatic carbocycles. The van der Waals surface area contributed by atoms with Crippen molar-refractivity contribution in [3.05, 3.63) is 53.3 Å². The Bertz CT molecular complexity index is 785. The van der Waals surface area contributed by atoms with Gasteiger partial charge in [0, 0.05) is 39.9 Å². The van der Waals surface area contributed by atoms with Gasteiger partial charge in [0.2, 0.25) is 0 Å². The molecular formula is C19H24N6. The molecular weight excluding hydrogens is 312 g/mol. The molecule has 0 amide bonds. The minimum absolute atomic E-state index is 0.629. The topological polar surface area (TPSA) is 69.2 Å². The fourth-order valence-corrected chi connectivity index (χ4v) is 3.37. The van der Waals surface area contributed by atoms with Crippen molar-refractivity contribution in [1.82, 2.24) is 20.0 Å². The Morgan fingerprint density at radius 1 is 1.44 bits per heavy atom. The maximum absolute atomic E-state index is 9.00. The Balaban J connectivity index is 1.54. The van der Waals surface area contributed by atoms with E-state index in [9.17, 15) is 0 Å². The summed E-state index contributed by atoms with van der Waals surface area (Å²) in [4.78, 5) is 6.74. The molecule has 2 aromatic rings. The van der Waals surface area contributed by atoms with Gasteiger partial charge in [0.15, 0.2) is 5.96 Å². The molecule has 1 N–H and O–H groups in total. The van der Waals surface area contributed by atoms with E-state index in [4.69, 9.17) is 5.26 Å². The predicted octanol–water partition coefficient (Wildman–Crippen LogP) is 1.93. The van der Waals surface area contributed by atoms with Crippen LogP contribution in [0.5, 0.6) is 0 Å². The normalized spacial score (nSPS) is 17.6. The first-order valence-electron chi connectivity index (χ1n) is 8.60. The summed E-state index contributed by atoms with van der Waals surface area (Å²) in [5.41, 5.74) is 3.07. The minimum atomic E-state index is 0.629. The van der Waals surface area contributed by atoms with Crippen LogP contribution in [0.1, 0.15) is 23.1 Å². The van der Waals surface area contributed by atoms with Gasteiger partial charge in [-0.25, -0.2) is 0 Å². The van der Waals surface area contributed by atoms with Crippen LogP contribution in [0, 0.1) is 17.2 Å². The van der Waals surface area contributed by atoms with Crippen LogP contribution in [0.3, 0.4) is 0 Å². The molecule has 6 heteroatoms. The summed E-state index contributed by atoms with van der Waals surface area (Å²) in [5, 5.41) is 16.7. The number of likely N-dealkylation sites (tertiary alicyclic amines) is 1. The zero-order valence-corrected chi connectivity index (χ0v) is 14.8. The summed E-state index contributed by atoms with van der Waals surface area (Å²) in [6.45, 7) is 2.70. The third-order valence-electron chi connectivity index (χ3n) is 4.59. The molecule has 1 aliphatic heterocycles. The zero-order chi connectivity index (χ0) is 17.6. The number of hydrogen-bond donors (Lipinski definition) is 1. The maximum atomic E-state index is 9.00.